The van der Waals surface area contributed by atoms with Crippen molar-refractivity contribution in [1.82, 2.24) is 4.90 Å². The monoisotopic (exact) mass is 289 g/mol. The molecule has 2 rings (SSSR count). The molecule has 0 saturated carbocycles. The molecule has 0 aliphatic carbocycles. The van der Waals surface area contributed by atoms with E-state index in [9.17, 15) is 14.7 Å². The molecule has 1 saturated heterocycles. The average molecular weight is 289 g/mol. The van der Waals surface area contributed by atoms with E-state index < -0.39 is 11.9 Å². The largest absolute Gasteiger partial charge is 0.481 e. The van der Waals surface area contributed by atoms with Crippen LogP contribution in [0.2, 0.25) is 0 Å². The fourth-order valence-corrected chi connectivity index (χ4v) is 3.34. The first kappa shape index (κ1) is 15.5. The molecule has 0 spiro atoms. The Morgan fingerprint density at radius 2 is 1.90 bits per heavy atom. The first-order valence-electron chi connectivity index (χ1n) is 7.54. The molecule has 0 aromatic heterocycles. The Morgan fingerprint density at radius 3 is 2.48 bits per heavy atom. The highest BCUT2D eigenvalue weighted by Gasteiger charge is 2.41. The standard InChI is InChI=1S/C17H23NO3/c1-4-13-7-5-6-8-14(13)10-18-12(3)16(17(20)21)11(2)9-15(18)19/h5-8,11-12,16H,4,9-10H2,1-3H3,(H,20,21). The van der Waals surface area contributed by atoms with Crippen molar-refractivity contribution < 1.29 is 14.7 Å². The Balaban J connectivity index is 2.25. The summed E-state index contributed by atoms with van der Waals surface area (Å²) < 4.78 is 0. The number of carbonyl (C=O) groups is 2. The maximum Gasteiger partial charge on any atom is 0.308 e. The van der Waals surface area contributed by atoms with Crippen LogP contribution in [0.5, 0.6) is 0 Å². The van der Waals surface area contributed by atoms with Gasteiger partial charge in [-0.15, -0.1) is 0 Å². The highest BCUT2D eigenvalue weighted by Crippen LogP contribution is 2.31. The summed E-state index contributed by atoms with van der Waals surface area (Å²) in [6.07, 6.45) is 1.22. The summed E-state index contributed by atoms with van der Waals surface area (Å²) in [5.74, 6) is -1.35. The average Bonchev–Trinajstić information content (AvgIpc) is 2.43. The van der Waals surface area contributed by atoms with E-state index in [1.807, 2.05) is 32.0 Å². The van der Waals surface area contributed by atoms with Crippen molar-refractivity contribution in [2.24, 2.45) is 11.8 Å². The number of aliphatic carboxylic acids is 1. The molecule has 114 valence electrons. The molecule has 1 aromatic carbocycles. The fourth-order valence-electron chi connectivity index (χ4n) is 3.34. The SMILES string of the molecule is CCc1ccccc1CN1C(=O)CC(C)C(C(=O)O)C1C. The minimum atomic E-state index is -0.809. The third-order valence-electron chi connectivity index (χ3n) is 4.57. The second-order valence-electron chi connectivity index (χ2n) is 5.93. The van der Waals surface area contributed by atoms with Crippen LogP contribution in [0.1, 0.15) is 38.3 Å². The van der Waals surface area contributed by atoms with Crippen LogP contribution in [0.25, 0.3) is 0 Å². The summed E-state index contributed by atoms with van der Waals surface area (Å²) in [7, 11) is 0. The predicted octanol–water partition coefficient (Wildman–Crippen LogP) is 2.71. The van der Waals surface area contributed by atoms with Crippen molar-refractivity contribution >= 4 is 11.9 Å². The molecular formula is C17H23NO3. The van der Waals surface area contributed by atoms with Crippen molar-refractivity contribution in [3.05, 3.63) is 35.4 Å². The van der Waals surface area contributed by atoms with Gasteiger partial charge >= 0.3 is 5.97 Å². The number of amides is 1. The summed E-state index contributed by atoms with van der Waals surface area (Å²) in [6, 6.07) is 7.76. The van der Waals surface area contributed by atoms with Gasteiger partial charge in [0.05, 0.1) is 5.92 Å². The van der Waals surface area contributed by atoms with Crippen LogP contribution in [0.15, 0.2) is 24.3 Å². The maximum absolute atomic E-state index is 12.3. The number of piperidine rings is 1. The lowest BCUT2D eigenvalue weighted by Gasteiger charge is -2.41. The zero-order valence-electron chi connectivity index (χ0n) is 12.9. The molecule has 4 nitrogen and oxygen atoms in total. The number of carboxylic acids is 1. The van der Waals surface area contributed by atoms with Gasteiger partial charge < -0.3 is 10.0 Å². The number of benzene rings is 1. The number of carbonyl (C=O) groups excluding carboxylic acids is 1. The van der Waals surface area contributed by atoms with E-state index >= 15 is 0 Å². The van der Waals surface area contributed by atoms with Crippen LogP contribution < -0.4 is 0 Å². The molecule has 3 unspecified atom stereocenters. The van der Waals surface area contributed by atoms with E-state index in [0.717, 1.165) is 12.0 Å². The van der Waals surface area contributed by atoms with Gasteiger partial charge in [-0.3, -0.25) is 9.59 Å². The number of aryl methyl sites for hydroxylation is 1. The molecular weight excluding hydrogens is 266 g/mol. The molecule has 4 heteroatoms. The summed E-state index contributed by atoms with van der Waals surface area (Å²) >= 11 is 0. The van der Waals surface area contributed by atoms with Gasteiger partial charge in [0, 0.05) is 19.0 Å². The molecule has 1 fully saturated rings. The Bertz CT molecular complexity index is 541. The predicted molar refractivity (Wildman–Crippen MR) is 80.7 cm³/mol. The van der Waals surface area contributed by atoms with Crippen LogP contribution in [-0.4, -0.2) is 27.9 Å². The summed E-state index contributed by atoms with van der Waals surface area (Å²) in [4.78, 5) is 25.5. The molecule has 1 amide bonds. The number of hydrogen-bond donors (Lipinski definition) is 1. The fraction of sp³-hybridized carbons (Fsp3) is 0.529. The van der Waals surface area contributed by atoms with Crippen LogP contribution in [0, 0.1) is 11.8 Å². The molecule has 3 atom stereocenters. The van der Waals surface area contributed by atoms with Crippen LogP contribution in [0.4, 0.5) is 0 Å². The topological polar surface area (TPSA) is 57.6 Å². The Labute approximate surface area is 125 Å². The van der Waals surface area contributed by atoms with E-state index in [-0.39, 0.29) is 17.9 Å². The lowest BCUT2D eigenvalue weighted by Crippen LogP contribution is -2.52. The van der Waals surface area contributed by atoms with Crippen molar-refractivity contribution in [1.29, 1.82) is 0 Å². The molecule has 1 aromatic rings. The molecule has 1 N–H and O–H groups in total. The molecule has 21 heavy (non-hydrogen) atoms. The normalized spacial score (nSPS) is 26.0. The second-order valence-corrected chi connectivity index (χ2v) is 5.93. The quantitative estimate of drug-likeness (QED) is 0.927. The minimum absolute atomic E-state index is 0.0541. The van der Waals surface area contributed by atoms with Gasteiger partial charge in [-0.25, -0.2) is 0 Å². The number of rotatable bonds is 4. The van der Waals surface area contributed by atoms with Gasteiger partial charge in [-0.2, -0.15) is 0 Å². The minimum Gasteiger partial charge on any atom is -0.481 e. The van der Waals surface area contributed by atoms with Gasteiger partial charge in [0.1, 0.15) is 0 Å². The number of likely N-dealkylation sites (tertiary alicyclic amines) is 1. The van der Waals surface area contributed by atoms with E-state index in [1.54, 1.807) is 4.90 Å². The van der Waals surface area contributed by atoms with E-state index in [1.165, 1.54) is 5.56 Å². The zero-order chi connectivity index (χ0) is 15.6. The highest BCUT2D eigenvalue weighted by molar-refractivity contribution is 5.81. The third kappa shape index (κ3) is 3.09. The van der Waals surface area contributed by atoms with E-state index in [4.69, 9.17) is 0 Å². The first-order chi connectivity index (χ1) is 9.95. The lowest BCUT2D eigenvalue weighted by molar-refractivity contribution is -0.155. The van der Waals surface area contributed by atoms with Crippen LogP contribution in [0.3, 0.4) is 0 Å². The van der Waals surface area contributed by atoms with Crippen LogP contribution >= 0.6 is 0 Å². The molecule has 0 radical (unpaired) electrons. The van der Waals surface area contributed by atoms with Gasteiger partial charge in [-0.05, 0) is 30.4 Å². The smallest absolute Gasteiger partial charge is 0.308 e. The Hall–Kier alpha value is -1.84. The zero-order valence-corrected chi connectivity index (χ0v) is 12.9. The van der Waals surface area contributed by atoms with Crippen molar-refractivity contribution in [2.45, 2.75) is 46.2 Å². The maximum atomic E-state index is 12.3. The highest BCUT2D eigenvalue weighted by atomic mass is 16.4. The van der Waals surface area contributed by atoms with Gasteiger partial charge in [0.25, 0.3) is 0 Å². The van der Waals surface area contributed by atoms with Crippen molar-refractivity contribution in [3.63, 3.8) is 0 Å². The number of carboxylic acid groups (broad SMARTS) is 1. The molecule has 1 aliphatic rings. The van der Waals surface area contributed by atoms with Crippen molar-refractivity contribution in [2.75, 3.05) is 0 Å². The van der Waals surface area contributed by atoms with E-state index in [2.05, 4.69) is 13.0 Å². The second kappa shape index (κ2) is 6.29. The van der Waals surface area contributed by atoms with Crippen LogP contribution in [-0.2, 0) is 22.6 Å². The third-order valence-corrected chi connectivity index (χ3v) is 4.57. The Morgan fingerprint density at radius 1 is 1.29 bits per heavy atom. The Kier molecular flexibility index (Phi) is 4.66. The molecule has 1 heterocycles. The van der Waals surface area contributed by atoms with Gasteiger partial charge in [-0.1, -0.05) is 38.1 Å². The van der Waals surface area contributed by atoms with Gasteiger partial charge in [0.15, 0.2) is 0 Å². The number of nitrogens with zero attached hydrogens (tertiary/aromatic N) is 1. The lowest BCUT2D eigenvalue weighted by atomic mass is 9.80. The number of hydrogen-bond acceptors (Lipinski definition) is 2. The molecule has 1 aliphatic heterocycles. The van der Waals surface area contributed by atoms with Gasteiger partial charge in [0.2, 0.25) is 5.91 Å². The first-order valence-corrected chi connectivity index (χ1v) is 7.54. The summed E-state index contributed by atoms with van der Waals surface area (Å²) in [5.41, 5.74) is 2.32. The van der Waals surface area contributed by atoms with Crippen molar-refractivity contribution in [3.8, 4) is 0 Å². The molecule has 0 bridgehead atoms. The summed E-state index contributed by atoms with van der Waals surface area (Å²) in [6.45, 7) is 6.29. The summed E-state index contributed by atoms with van der Waals surface area (Å²) in [5, 5.41) is 9.41. The van der Waals surface area contributed by atoms with E-state index in [0.29, 0.717) is 13.0 Å².